The fraction of sp³-hybridized carbons (Fsp3) is 0.600. The number of alkyl halides is 1. The van der Waals surface area contributed by atoms with Crippen molar-refractivity contribution >= 4 is 15.9 Å². The molecule has 2 aliphatic carbocycles. The molecule has 2 aliphatic rings. The van der Waals surface area contributed by atoms with Crippen molar-refractivity contribution in [1.82, 2.24) is 0 Å². The highest BCUT2D eigenvalue weighted by molar-refractivity contribution is 9.09. The summed E-state index contributed by atoms with van der Waals surface area (Å²) in [5.74, 6) is 3.68. The first-order valence-electron chi connectivity index (χ1n) is 6.46. The van der Waals surface area contributed by atoms with E-state index in [1.54, 1.807) is 5.56 Å². The van der Waals surface area contributed by atoms with Crippen molar-refractivity contribution in [1.29, 1.82) is 0 Å². The normalized spacial score (nSPS) is 42.2. The largest absolute Gasteiger partial charge is 0.0888 e. The molecule has 0 saturated heterocycles. The molecule has 16 heavy (non-hydrogen) atoms. The summed E-state index contributed by atoms with van der Waals surface area (Å²) in [5.41, 5.74) is 1.57. The van der Waals surface area contributed by atoms with Crippen LogP contribution in [0.5, 0.6) is 0 Å². The van der Waals surface area contributed by atoms with Crippen LogP contribution in [0.2, 0.25) is 0 Å². The number of rotatable bonds is 2. The molecule has 0 radical (unpaired) electrons. The zero-order valence-corrected chi connectivity index (χ0v) is 11.4. The smallest absolute Gasteiger partial charge is 0.0174 e. The lowest BCUT2D eigenvalue weighted by atomic mass is 9.91. The Hall–Kier alpha value is -0.300. The Labute approximate surface area is 107 Å². The summed E-state index contributed by atoms with van der Waals surface area (Å²) in [5, 5.41) is 0. The van der Waals surface area contributed by atoms with Gasteiger partial charge in [-0.25, -0.2) is 0 Å². The average Bonchev–Trinajstić information content (AvgIpc) is 3.04. The van der Waals surface area contributed by atoms with Crippen molar-refractivity contribution in [2.45, 2.75) is 36.9 Å². The van der Waals surface area contributed by atoms with Crippen molar-refractivity contribution in [3.8, 4) is 0 Å². The molecule has 0 aromatic heterocycles. The van der Waals surface area contributed by atoms with Crippen molar-refractivity contribution in [3.63, 3.8) is 0 Å². The number of hydrogen-bond donors (Lipinski definition) is 0. The van der Waals surface area contributed by atoms with E-state index in [0.29, 0.717) is 0 Å². The highest BCUT2D eigenvalue weighted by Crippen LogP contribution is 2.58. The van der Waals surface area contributed by atoms with Crippen LogP contribution in [0, 0.1) is 17.8 Å². The summed E-state index contributed by atoms with van der Waals surface area (Å²) in [6, 6.07) is 11.1. The van der Waals surface area contributed by atoms with E-state index in [1.807, 2.05) is 0 Å². The van der Waals surface area contributed by atoms with E-state index in [0.717, 1.165) is 28.5 Å². The van der Waals surface area contributed by atoms with Gasteiger partial charge < -0.3 is 0 Å². The van der Waals surface area contributed by atoms with Gasteiger partial charge >= 0.3 is 0 Å². The molecule has 5 atom stereocenters. The van der Waals surface area contributed by atoms with Gasteiger partial charge in [0.15, 0.2) is 0 Å². The summed E-state index contributed by atoms with van der Waals surface area (Å²) in [6.45, 7) is 2.43. The number of benzene rings is 1. The zero-order valence-electron chi connectivity index (χ0n) is 9.77. The predicted octanol–water partition coefficient (Wildman–Crippen LogP) is 4.60. The monoisotopic (exact) mass is 278 g/mol. The van der Waals surface area contributed by atoms with Gasteiger partial charge in [0, 0.05) is 4.83 Å². The highest BCUT2D eigenvalue weighted by atomic mass is 79.9. The standard InChI is InChI=1S/C15H19Br/c1-10-12(7-8-15(10)16)14-9-13(14)11-5-3-2-4-6-11/h2-6,10,12-15H,7-9H2,1H3. The van der Waals surface area contributed by atoms with Crippen LogP contribution in [0.25, 0.3) is 0 Å². The van der Waals surface area contributed by atoms with E-state index in [2.05, 4.69) is 53.2 Å². The van der Waals surface area contributed by atoms with Gasteiger partial charge in [0.25, 0.3) is 0 Å². The highest BCUT2D eigenvalue weighted by Gasteiger charge is 2.48. The van der Waals surface area contributed by atoms with Gasteiger partial charge in [0.05, 0.1) is 0 Å². The first kappa shape index (κ1) is 10.8. The van der Waals surface area contributed by atoms with Crippen molar-refractivity contribution in [2.24, 2.45) is 17.8 Å². The quantitative estimate of drug-likeness (QED) is 0.694. The van der Waals surface area contributed by atoms with E-state index in [-0.39, 0.29) is 0 Å². The van der Waals surface area contributed by atoms with Gasteiger partial charge in [-0.15, -0.1) is 0 Å². The Morgan fingerprint density at radius 1 is 1.06 bits per heavy atom. The van der Waals surface area contributed by atoms with Crippen LogP contribution < -0.4 is 0 Å². The van der Waals surface area contributed by atoms with Crippen LogP contribution in [0.1, 0.15) is 37.7 Å². The van der Waals surface area contributed by atoms with E-state index in [1.165, 1.54) is 19.3 Å². The van der Waals surface area contributed by atoms with E-state index < -0.39 is 0 Å². The molecular formula is C15H19Br. The molecule has 0 aliphatic heterocycles. The van der Waals surface area contributed by atoms with Gasteiger partial charge in [0.2, 0.25) is 0 Å². The molecule has 0 heterocycles. The predicted molar refractivity (Wildman–Crippen MR) is 71.9 cm³/mol. The van der Waals surface area contributed by atoms with E-state index in [4.69, 9.17) is 0 Å². The molecule has 0 N–H and O–H groups in total. The fourth-order valence-electron chi connectivity index (χ4n) is 3.52. The average molecular weight is 279 g/mol. The molecule has 5 unspecified atom stereocenters. The zero-order chi connectivity index (χ0) is 11.1. The Morgan fingerprint density at radius 3 is 2.44 bits per heavy atom. The lowest BCUT2D eigenvalue weighted by Crippen LogP contribution is -2.12. The van der Waals surface area contributed by atoms with Gasteiger partial charge in [-0.05, 0) is 48.5 Å². The molecule has 1 heteroatoms. The van der Waals surface area contributed by atoms with Crippen LogP contribution in [-0.4, -0.2) is 4.83 Å². The third-order valence-electron chi connectivity index (χ3n) is 4.64. The maximum absolute atomic E-state index is 3.82. The minimum absolute atomic E-state index is 0.773. The molecular weight excluding hydrogens is 260 g/mol. The van der Waals surface area contributed by atoms with Crippen LogP contribution in [0.4, 0.5) is 0 Å². The molecule has 0 nitrogen and oxygen atoms in total. The van der Waals surface area contributed by atoms with Crippen molar-refractivity contribution < 1.29 is 0 Å². The Balaban J connectivity index is 1.68. The Bertz CT molecular complexity index is 359. The number of hydrogen-bond acceptors (Lipinski definition) is 0. The second-order valence-electron chi connectivity index (χ2n) is 5.53. The maximum atomic E-state index is 3.82. The summed E-state index contributed by atoms with van der Waals surface area (Å²) >= 11 is 3.82. The van der Waals surface area contributed by atoms with Crippen LogP contribution in [0.3, 0.4) is 0 Å². The fourth-order valence-corrected chi connectivity index (χ4v) is 4.18. The molecule has 3 rings (SSSR count). The Morgan fingerprint density at radius 2 is 1.81 bits per heavy atom. The van der Waals surface area contributed by atoms with E-state index in [9.17, 15) is 0 Å². The van der Waals surface area contributed by atoms with Gasteiger partial charge in [0.1, 0.15) is 0 Å². The topological polar surface area (TPSA) is 0 Å². The molecule has 1 aromatic rings. The molecule has 0 spiro atoms. The van der Waals surface area contributed by atoms with Crippen molar-refractivity contribution in [3.05, 3.63) is 35.9 Å². The van der Waals surface area contributed by atoms with E-state index >= 15 is 0 Å². The van der Waals surface area contributed by atoms with Gasteiger partial charge in [-0.1, -0.05) is 53.2 Å². The minimum Gasteiger partial charge on any atom is -0.0888 e. The third kappa shape index (κ3) is 1.84. The van der Waals surface area contributed by atoms with Crippen LogP contribution in [0.15, 0.2) is 30.3 Å². The minimum atomic E-state index is 0.773. The van der Waals surface area contributed by atoms with Crippen LogP contribution in [-0.2, 0) is 0 Å². The van der Waals surface area contributed by atoms with Crippen LogP contribution >= 0.6 is 15.9 Å². The maximum Gasteiger partial charge on any atom is 0.0174 e. The lowest BCUT2D eigenvalue weighted by molar-refractivity contribution is 0.370. The number of halogens is 1. The summed E-state index contributed by atoms with van der Waals surface area (Å²) in [4.78, 5) is 0.773. The van der Waals surface area contributed by atoms with Gasteiger partial charge in [-0.2, -0.15) is 0 Å². The molecule has 0 bridgehead atoms. The second-order valence-corrected chi connectivity index (χ2v) is 6.71. The van der Waals surface area contributed by atoms with Crippen molar-refractivity contribution in [2.75, 3.05) is 0 Å². The molecule has 2 saturated carbocycles. The lowest BCUT2D eigenvalue weighted by Gasteiger charge is -2.17. The molecule has 1 aromatic carbocycles. The summed E-state index contributed by atoms with van der Waals surface area (Å²) in [7, 11) is 0. The van der Waals surface area contributed by atoms with Gasteiger partial charge in [-0.3, -0.25) is 0 Å². The Kier molecular flexibility index (Phi) is 2.83. The molecule has 0 amide bonds. The SMILES string of the molecule is CC1C(Br)CCC1C1CC1c1ccccc1. The first-order valence-corrected chi connectivity index (χ1v) is 7.38. The molecule has 2 fully saturated rings. The third-order valence-corrected chi connectivity index (χ3v) is 5.93. The summed E-state index contributed by atoms with van der Waals surface area (Å²) < 4.78 is 0. The second kappa shape index (κ2) is 4.18. The first-order chi connectivity index (χ1) is 7.77. The molecule has 86 valence electrons. The summed E-state index contributed by atoms with van der Waals surface area (Å²) in [6.07, 6.45) is 4.24.